The highest BCUT2D eigenvalue weighted by molar-refractivity contribution is 5.99. The van der Waals surface area contributed by atoms with E-state index in [9.17, 15) is 9.90 Å². The van der Waals surface area contributed by atoms with Gasteiger partial charge in [0.05, 0.1) is 30.8 Å². The summed E-state index contributed by atoms with van der Waals surface area (Å²) >= 11 is 0. The van der Waals surface area contributed by atoms with E-state index in [1.807, 2.05) is 42.5 Å². The Bertz CT molecular complexity index is 694. The molecule has 5 nitrogen and oxygen atoms in total. The SMILES string of the molecule is O=C(NCCc1ccccc1)c1ccccc1NCC1(CO)COC1. The first-order valence-electron chi connectivity index (χ1n) is 8.56. The van der Waals surface area contributed by atoms with Crippen LogP contribution < -0.4 is 10.6 Å². The van der Waals surface area contributed by atoms with Gasteiger partial charge in [-0.05, 0) is 24.1 Å². The summed E-state index contributed by atoms with van der Waals surface area (Å²) < 4.78 is 5.21. The molecule has 1 fully saturated rings. The van der Waals surface area contributed by atoms with Gasteiger partial charge in [0, 0.05) is 18.8 Å². The van der Waals surface area contributed by atoms with Crippen molar-refractivity contribution < 1.29 is 14.6 Å². The number of benzene rings is 2. The lowest BCUT2D eigenvalue weighted by atomic mass is 9.87. The van der Waals surface area contributed by atoms with Crippen molar-refractivity contribution in [2.45, 2.75) is 6.42 Å². The van der Waals surface area contributed by atoms with E-state index in [0.29, 0.717) is 31.9 Å². The summed E-state index contributed by atoms with van der Waals surface area (Å²) in [5.41, 5.74) is 2.35. The number of aliphatic hydroxyl groups excluding tert-OH is 1. The molecule has 0 unspecified atom stereocenters. The standard InChI is InChI=1S/C20H24N2O3/c23-13-20(14-25-15-20)12-22-18-9-5-4-8-17(18)19(24)21-11-10-16-6-2-1-3-7-16/h1-9,22-23H,10-15H2,(H,21,24). The molecule has 1 saturated heterocycles. The van der Waals surface area contributed by atoms with Crippen molar-refractivity contribution in [2.24, 2.45) is 5.41 Å². The molecule has 132 valence electrons. The van der Waals surface area contributed by atoms with Gasteiger partial charge in [-0.2, -0.15) is 0 Å². The zero-order chi connectivity index (χ0) is 17.5. The molecule has 0 atom stereocenters. The number of carbonyl (C=O) groups excluding carboxylic acids is 1. The third-order valence-electron chi connectivity index (χ3n) is 4.52. The van der Waals surface area contributed by atoms with E-state index in [4.69, 9.17) is 4.74 Å². The molecule has 3 N–H and O–H groups in total. The van der Waals surface area contributed by atoms with E-state index in [0.717, 1.165) is 12.1 Å². The monoisotopic (exact) mass is 340 g/mol. The number of carbonyl (C=O) groups is 1. The van der Waals surface area contributed by atoms with Crippen molar-refractivity contribution in [3.05, 3.63) is 65.7 Å². The van der Waals surface area contributed by atoms with Gasteiger partial charge in [-0.1, -0.05) is 42.5 Å². The van der Waals surface area contributed by atoms with E-state index in [1.165, 1.54) is 5.56 Å². The van der Waals surface area contributed by atoms with Crippen LogP contribution in [0.25, 0.3) is 0 Å². The van der Waals surface area contributed by atoms with Crippen molar-refractivity contribution in [1.82, 2.24) is 5.32 Å². The minimum Gasteiger partial charge on any atom is -0.396 e. The molecule has 0 spiro atoms. The summed E-state index contributed by atoms with van der Waals surface area (Å²) in [6, 6.07) is 17.5. The average molecular weight is 340 g/mol. The maximum absolute atomic E-state index is 12.5. The van der Waals surface area contributed by atoms with Gasteiger partial charge in [0.15, 0.2) is 0 Å². The van der Waals surface area contributed by atoms with Crippen LogP contribution in [0.2, 0.25) is 0 Å². The highest BCUT2D eigenvalue weighted by atomic mass is 16.5. The maximum atomic E-state index is 12.5. The predicted octanol–water partition coefficient (Wildman–Crippen LogP) is 2.08. The molecule has 3 rings (SSSR count). The number of hydrogen-bond donors (Lipinski definition) is 3. The first-order valence-corrected chi connectivity index (χ1v) is 8.56. The van der Waals surface area contributed by atoms with E-state index in [-0.39, 0.29) is 17.9 Å². The number of anilines is 1. The molecule has 2 aromatic rings. The minimum absolute atomic E-state index is 0.0748. The van der Waals surface area contributed by atoms with Gasteiger partial charge in [-0.15, -0.1) is 0 Å². The van der Waals surface area contributed by atoms with E-state index in [1.54, 1.807) is 0 Å². The molecule has 0 bridgehead atoms. The molecule has 1 heterocycles. The lowest BCUT2D eigenvalue weighted by molar-refractivity contribution is -0.128. The quantitative estimate of drug-likeness (QED) is 0.688. The topological polar surface area (TPSA) is 70.6 Å². The normalized spacial score (nSPS) is 15.2. The smallest absolute Gasteiger partial charge is 0.253 e. The zero-order valence-corrected chi connectivity index (χ0v) is 14.2. The molecule has 1 aliphatic heterocycles. The van der Waals surface area contributed by atoms with Gasteiger partial charge in [-0.3, -0.25) is 4.79 Å². The Morgan fingerprint density at radius 3 is 2.48 bits per heavy atom. The Kier molecular flexibility index (Phi) is 5.68. The van der Waals surface area contributed by atoms with Crippen molar-refractivity contribution >= 4 is 11.6 Å². The van der Waals surface area contributed by atoms with E-state index >= 15 is 0 Å². The first kappa shape index (κ1) is 17.5. The summed E-state index contributed by atoms with van der Waals surface area (Å²) in [7, 11) is 0. The summed E-state index contributed by atoms with van der Waals surface area (Å²) in [6.07, 6.45) is 0.799. The fraction of sp³-hybridized carbons (Fsp3) is 0.350. The largest absolute Gasteiger partial charge is 0.396 e. The van der Waals surface area contributed by atoms with Gasteiger partial charge in [0.1, 0.15) is 0 Å². The van der Waals surface area contributed by atoms with Crippen molar-refractivity contribution in [2.75, 3.05) is 38.2 Å². The van der Waals surface area contributed by atoms with E-state index < -0.39 is 0 Å². The van der Waals surface area contributed by atoms with Crippen LogP contribution >= 0.6 is 0 Å². The fourth-order valence-electron chi connectivity index (χ4n) is 2.82. The van der Waals surface area contributed by atoms with Crippen molar-refractivity contribution in [3.8, 4) is 0 Å². The number of aliphatic hydroxyl groups is 1. The molecule has 0 aromatic heterocycles. The summed E-state index contributed by atoms with van der Waals surface area (Å²) in [5, 5.41) is 15.8. The van der Waals surface area contributed by atoms with Crippen LogP contribution in [0.4, 0.5) is 5.69 Å². The highest BCUT2D eigenvalue weighted by Gasteiger charge is 2.38. The molecular weight excluding hydrogens is 316 g/mol. The van der Waals surface area contributed by atoms with Gasteiger partial charge < -0.3 is 20.5 Å². The van der Waals surface area contributed by atoms with Gasteiger partial charge in [0.25, 0.3) is 5.91 Å². The van der Waals surface area contributed by atoms with Crippen LogP contribution in [-0.2, 0) is 11.2 Å². The molecule has 5 heteroatoms. The van der Waals surface area contributed by atoms with Gasteiger partial charge in [-0.25, -0.2) is 0 Å². The second-order valence-electron chi connectivity index (χ2n) is 6.54. The number of rotatable bonds is 8. The Labute approximate surface area is 148 Å². The van der Waals surface area contributed by atoms with Crippen molar-refractivity contribution in [3.63, 3.8) is 0 Å². The molecule has 1 aliphatic rings. The Hall–Kier alpha value is -2.37. The lowest BCUT2D eigenvalue weighted by Crippen LogP contribution is -2.50. The third kappa shape index (κ3) is 4.38. The molecular formula is C20H24N2O3. The summed E-state index contributed by atoms with van der Waals surface area (Å²) in [4.78, 5) is 12.5. The Morgan fingerprint density at radius 2 is 1.80 bits per heavy atom. The highest BCUT2D eigenvalue weighted by Crippen LogP contribution is 2.27. The van der Waals surface area contributed by atoms with Crippen molar-refractivity contribution in [1.29, 1.82) is 0 Å². The summed E-state index contributed by atoms with van der Waals surface area (Å²) in [6.45, 7) is 2.33. The zero-order valence-electron chi connectivity index (χ0n) is 14.2. The minimum atomic E-state index is -0.239. The second kappa shape index (κ2) is 8.14. The molecule has 2 aromatic carbocycles. The van der Waals surface area contributed by atoms with Gasteiger partial charge >= 0.3 is 0 Å². The molecule has 0 saturated carbocycles. The number of hydrogen-bond acceptors (Lipinski definition) is 4. The first-order chi connectivity index (χ1) is 12.2. The number of ether oxygens (including phenoxy) is 1. The van der Waals surface area contributed by atoms with Crippen LogP contribution in [0.1, 0.15) is 15.9 Å². The Morgan fingerprint density at radius 1 is 1.08 bits per heavy atom. The molecule has 1 amide bonds. The number of para-hydroxylation sites is 1. The fourth-order valence-corrected chi connectivity index (χ4v) is 2.82. The maximum Gasteiger partial charge on any atom is 0.253 e. The Balaban J connectivity index is 1.56. The average Bonchev–Trinajstić information content (AvgIpc) is 2.62. The van der Waals surface area contributed by atoms with Crippen LogP contribution in [0.5, 0.6) is 0 Å². The lowest BCUT2D eigenvalue weighted by Gasteiger charge is -2.40. The van der Waals surface area contributed by atoms with E-state index in [2.05, 4.69) is 22.8 Å². The molecule has 0 aliphatic carbocycles. The second-order valence-corrected chi connectivity index (χ2v) is 6.54. The van der Waals surface area contributed by atoms with Crippen LogP contribution in [0.3, 0.4) is 0 Å². The predicted molar refractivity (Wildman–Crippen MR) is 97.7 cm³/mol. The summed E-state index contributed by atoms with van der Waals surface area (Å²) in [5.74, 6) is -0.0954. The molecule has 25 heavy (non-hydrogen) atoms. The van der Waals surface area contributed by atoms with Crippen LogP contribution in [0.15, 0.2) is 54.6 Å². The van der Waals surface area contributed by atoms with Crippen LogP contribution in [0, 0.1) is 5.41 Å². The van der Waals surface area contributed by atoms with Crippen LogP contribution in [-0.4, -0.2) is 43.9 Å². The number of nitrogens with one attached hydrogen (secondary N) is 2. The van der Waals surface area contributed by atoms with Gasteiger partial charge in [0.2, 0.25) is 0 Å². The molecule has 0 radical (unpaired) electrons. The third-order valence-corrected chi connectivity index (χ3v) is 4.52. The number of amides is 1.